The smallest absolute Gasteiger partial charge is 0.0551 e. The van der Waals surface area contributed by atoms with Gasteiger partial charge in [-0.1, -0.05) is 18.4 Å². The first-order valence-electron chi connectivity index (χ1n) is 2.42. The normalized spacial score (nSPS) is 6.12. The molecule has 0 aromatic heterocycles. The van der Waals surface area contributed by atoms with Crippen LogP contribution in [0.5, 0.6) is 0 Å². The molecular weight excluding hydrogens is 98.1 g/mol. The van der Waals surface area contributed by atoms with Crippen LogP contribution in [-0.4, -0.2) is 6.54 Å². The van der Waals surface area contributed by atoms with E-state index in [4.69, 9.17) is 5.73 Å². The molecule has 42 valence electrons. The van der Waals surface area contributed by atoms with Crippen LogP contribution in [0, 0.1) is 11.8 Å². The van der Waals surface area contributed by atoms with Crippen molar-refractivity contribution in [1.29, 1.82) is 0 Å². The molecule has 0 saturated heterocycles. The summed E-state index contributed by atoms with van der Waals surface area (Å²) in [4.78, 5) is 0. The van der Waals surface area contributed by atoms with Crippen molar-refractivity contribution in [2.24, 2.45) is 5.73 Å². The van der Waals surface area contributed by atoms with Gasteiger partial charge in [-0.3, -0.25) is 0 Å². The van der Waals surface area contributed by atoms with Gasteiger partial charge in [0.15, 0.2) is 0 Å². The molecule has 0 amide bonds. The van der Waals surface area contributed by atoms with Gasteiger partial charge in [-0.15, -0.1) is 5.73 Å². The van der Waals surface area contributed by atoms with Crippen LogP contribution in [0.25, 0.3) is 0 Å². The summed E-state index contributed by atoms with van der Waals surface area (Å²) in [5, 5.41) is 0. The maximum Gasteiger partial charge on any atom is 0.0551 e. The topological polar surface area (TPSA) is 26.0 Å². The molecule has 8 heavy (non-hydrogen) atoms. The van der Waals surface area contributed by atoms with Crippen LogP contribution < -0.4 is 5.73 Å². The molecule has 0 heterocycles. The summed E-state index contributed by atoms with van der Waals surface area (Å²) in [6.45, 7) is 3.81. The van der Waals surface area contributed by atoms with Gasteiger partial charge < -0.3 is 5.73 Å². The first kappa shape index (κ1) is 7.04. The largest absolute Gasteiger partial charge is 0.320 e. The van der Waals surface area contributed by atoms with Crippen LogP contribution in [0.1, 0.15) is 6.42 Å². The van der Waals surface area contributed by atoms with Gasteiger partial charge in [0, 0.05) is 6.42 Å². The second kappa shape index (κ2) is 6.04. The Morgan fingerprint density at radius 3 is 2.75 bits per heavy atom. The highest BCUT2D eigenvalue weighted by Gasteiger charge is 1.61. The van der Waals surface area contributed by atoms with E-state index in [0.717, 1.165) is 0 Å². The van der Waals surface area contributed by atoms with Crippen molar-refractivity contribution in [3.05, 3.63) is 18.4 Å². The van der Waals surface area contributed by atoms with E-state index in [-0.39, 0.29) is 0 Å². The van der Waals surface area contributed by atoms with Gasteiger partial charge in [0.25, 0.3) is 0 Å². The van der Waals surface area contributed by atoms with Crippen molar-refractivity contribution in [3.63, 3.8) is 0 Å². The Labute approximate surface area is 49.9 Å². The van der Waals surface area contributed by atoms with E-state index < -0.39 is 0 Å². The van der Waals surface area contributed by atoms with Crippen LogP contribution in [0.15, 0.2) is 18.4 Å². The minimum atomic E-state index is 0.435. The first-order chi connectivity index (χ1) is 3.91. The van der Waals surface area contributed by atoms with Gasteiger partial charge in [0.05, 0.1) is 6.54 Å². The van der Waals surface area contributed by atoms with Gasteiger partial charge >= 0.3 is 0 Å². The monoisotopic (exact) mass is 107 g/mol. The summed E-state index contributed by atoms with van der Waals surface area (Å²) in [5.74, 6) is 5.51. The molecule has 1 heteroatoms. The molecule has 0 fully saturated rings. The molecule has 0 aromatic carbocycles. The number of hydrogen-bond donors (Lipinski definition) is 1. The predicted molar refractivity (Wildman–Crippen MR) is 35.2 cm³/mol. The quantitative estimate of drug-likeness (QED) is 0.387. The Hall–Kier alpha value is -0.960. The molecule has 0 saturated carbocycles. The summed E-state index contributed by atoms with van der Waals surface area (Å²) in [5.41, 5.74) is 7.70. The van der Waals surface area contributed by atoms with Crippen molar-refractivity contribution >= 4 is 0 Å². The Morgan fingerprint density at radius 2 is 2.25 bits per heavy atom. The molecule has 2 N–H and O–H groups in total. The molecule has 0 unspecified atom stereocenters. The van der Waals surface area contributed by atoms with Gasteiger partial charge in [-0.25, -0.2) is 0 Å². The van der Waals surface area contributed by atoms with E-state index in [1.54, 1.807) is 6.08 Å². The third kappa shape index (κ3) is 5.04. The highest BCUT2D eigenvalue weighted by molar-refractivity contribution is 5.04. The van der Waals surface area contributed by atoms with Crippen molar-refractivity contribution in [2.45, 2.75) is 6.42 Å². The van der Waals surface area contributed by atoms with Crippen LogP contribution in [-0.2, 0) is 0 Å². The summed E-state index contributed by atoms with van der Waals surface area (Å²) in [6, 6.07) is 0. The number of nitrogens with two attached hydrogens (primary N) is 1. The minimum absolute atomic E-state index is 0.435. The van der Waals surface area contributed by atoms with Gasteiger partial charge in [0.2, 0.25) is 0 Å². The second-order valence-electron chi connectivity index (χ2n) is 1.17. The fourth-order valence-corrected chi connectivity index (χ4v) is 0.268. The van der Waals surface area contributed by atoms with Crippen LogP contribution in [0.2, 0.25) is 0 Å². The van der Waals surface area contributed by atoms with Gasteiger partial charge in [0.1, 0.15) is 0 Å². The molecule has 0 aliphatic carbocycles. The standard InChI is InChI=1S/C7H9N/c1-2-3-4-5-6-7-8/h3H,1,4,7-8H2. The molecule has 0 atom stereocenters. The summed E-state index contributed by atoms with van der Waals surface area (Å²) in [6.07, 6.45) is 2.48. The minimum Gasteiger partial charge on any atom is -0.320 e. The highest BCUT2D eigenvalue weighted by Crippen LogP contribution is 1.72. The molecule has 0 aromatic rings. The van der Waals surface area contributed by atoms with Gasteiger partial charge in [-0.05, 0) is 6.08 Å². The molecular formula is C7H9N. The second-order valence-corrected chi connectivity index (χ2v) is 1.17. The summed E-state index contributed by atoms with van der Waals surface area (Å²) >= 11 is 0. The van der Waals surface area contributed by atoms with E-state index in [2.05, 4.69) is 24.2 Å². The zero-order chi connectivity index (χ0) is 6.24. The zero-order valence-electron chi connectivity index (χ0n) is 4.78. The predicted octanol–water partition coefficient (Wildman–Crippen LogP) is 0.680. The van der Waals surface area contributed by atoms with Crippen molar-refractivity contribution < 1.29 is 0 Å². The molecule has 0 spiro atoms. The van der Waals surface area contributed by atoms with Crippen LogP contribution in [0.4, 0.5) is 0 Å². The van der Waals surface area contributed by atoms with Crippen molar-refractivity contribution in [2.75, 3.05) is 6.54 Å². The van der Waals surface area contributed by atoms with Gasteiger partial charge in [-0.2, -0.15) is 0 Å². The maximum absolute atomic E-state index is 5.09. The Morgan fingerprint density at radius 1 is 1.50 bits per heavy atom. The number of hydrogen-bond acceptors (Lipinski definition) is 1. The van der Waals surface area contributed by atoms with E-state index in [9.17, 15) is 0 Å². The lowest BCUT2D eigenvalue weighted by atomic mass is 10.4. The Bertz CT molecular complexity index is 142. The van der Waals surface area contributed by atoms with E-state index >= 15 is 0 Å². The molecule has 0 aliphatic rings. The van der Waals surface area contributed by atoms with Crippen LogP contribution >= 0.6 is 0 Å². The van der Waals surface area contributed by atoms with Crippen molar-refractivity contribution in [3.8, 4) is 11.8 Å². The molecule has 0 rings (SSSR count). The first-order valence-corrected chi connectivity index (χ1v) is 2.42. The van der Waals surface area contributed by atoms with E-state index in [1.165, 1.54) is 0 Å². The molecule has 0 radical (unpaired) electrons. The molecule has 0 bridgehead atoms. The lowest BCUT2D eigenvalue weighted by molar-refractivity contribution is 1.29. The SMILES string of the molecule is C=C=CCC#CCN. The van der Waals surface area contributed by atoms with E-state index in [1.807, 2.05) is 0 Å². The van der Waals surface area contributed by atoms with Crippen molar-refractivity contribution in [1.82, 2.24) is 0 Å². The summed E-state index contributed by atoms with van der Waals surface area (Å²) in [7, 11) is 0. The lowest BCUT2D eigenvalue weighted by Gasteiger charge is -1.69. The average Bonchev–Trinajstić information content (AvgIpc) is 1.81. The number of allylic oxidation sites excluding steroid dienone is 1. The fraction of sp³-hybridized carbons (Fsp3) is 0.286. The Balaban J connectivity index is 3.29. The fourth-order valence-electron chi connectivity index (χ4n) is 0.268. The number of rotatable bonds is 1. The zero-order valence-corrected chi connectivity index (χ0v) is 4.78. The third-order valence-electron chi connectivity index (χ3n) is 0.576. The third-order valence-corrected chi connectivity index (χ3v) is 0.576. The maximum atomic E-state index is 5.09. The van der Waals surface area contributed by atoms with E-state index in [0.29, 0.717) is 13.0 Å². The Kier molecular flexibility index (Phi) is 5.32. The average molecular weight is 107 g/mol. The summed E-state index contributed by atoms with van der Waals surface area (Å²) < 4.78 is 0. The molecule has 0 aliphatic heterocycles. The lowest BCUT2D eigenvalue weighted by Crippen LogP contribution is -1.92. The molecule has 1 nitrogen and oxygen atoms in total. The van der Waals surface area contributed by atoms with Crippen LogP contribution in [0.3, 0.4) is 0 Å². The highest BCUT2D eigenvalue weighted by atomic mass is 14.5.